The second-order valence-corrected chi connectivity index (χ2v) is 5.64. The minimum absolute atomic E-state index is 0.191. The summed E-state index contributed by atoms with van der Waals surface area (Å²) in [5.74, 6) is 1.42. The van der Waals surface area contributed by atoms with Gasteiger partial charge in [0.2, 0.25) is 0 Å². The maximum absolute atomic E-state index is 14.3. The Morgan fingerprint density at radius 2 is 2.00 bits per heavy atom. The summed E-state index contributed by atoms with van der Waals surface area (Å²) in [6, 6.07) is 9.18. The first-order chi connectivity index (χ1) is 12.2. The minimum atomic E-state index is -0.191. The second-order valence-electron chi connectivity index (χ2n) is 5.64. The van der Waals surface area contributed by atoms with E-state index in [9.17, 15) is 4.39 Å². The van der Waals surface area contributed by atoms with E-state index in [0.29, 0.717) is 24.7 Å². The number of aliphatic imine (C=N–C) groups is 1. The van der Waals surface area contributed by atoms with Crippen LogP contribution < -0.4 is 15.5 Å². The molecule has 1 heterocycles. The van der Waals surface area contributed by atoms with E-state index in [1.165, 1.54) is 0 Å². The molecular weight excluding hydrogens is 319 g/mol. The predicted octanol–water partition coefficient (Wildman–Crippen LogP) is 3.17. The first-order valence-electron chi connectivity index (χ1n) is 8.68. The van der Waals surface area contributed by atoms with Crippen molar-refractivity contribution in [2.45, 2.75) is 26.8 Å². The summed E-state index contributed by atoms with van der Waals surface area (Å²) >= 11 is 0. The van der Waals surface area contributed by atoms with Gasteiger partial charge in [0.1, 0.15) is 11.6 Å². The van der Waals surface area contributed by atoms with Crippen molar-refractivity contribution >= 4 is 11.6 Å². The van der Waals surface area contributed by atoms with E-state index in [0.717, 1.165) is 30.8 Å². The summed E-state index contributed by atoms with van der Waals surface area (Å²) < 4.78 is 19.6. The molecule has 0 aliphatic rings. The van der Waals surface area contributed by atoms with Crippen LogP contribution in [-0.4, -0.2) is 32.6 Å². The van der Waals surface area contributed by atoms with Gasteiger partial charge in [0, 0.05) is 39.6 Å². The molecule has 0 saturated heterocycles. The zero-order valence-corrected chi connectivity index (χ0v) is 15.2. The molecule has 2 rings (SSSR count). The van der Waals surface area contributed by atoms with Gasteiger partial charge in [-0.1, -0.05) is 6.07 Å². The summed E-state index contributed by atoms with van der Waals surface area (Å²) in [5, 5.41) is 6.42. The van der Waals surface area contributed by atoms with Gasteiger partial charge >= 0.3 is 0 Å². The van der Waals surface area contributed by atoms with Crippen LogP contribution in [0.3, 0.4) is 0 Å². The lowest BCUT2D eigenvalue weighted by Gasteiger charge is -2.22. The number of nitrogens with one attached hydrogen (secondary N) is 2. The van der Waals surface area contributed by atoms with Gasteiger partial charge in [0.05, 0.1) is 12.0 Å². The third-order valence-electron chi connectivity index (χ3n) is 4.04. The molecule has 1 aromatic carbocycles. The summed E-state index contributed by atoms with van der Waals surface area (Å²) in [4.78, 5) is 6.18. The third kappa shape index (κ3) is 5.52. The number of nitrogens with zero attached hydrogens (tertiary/aromatic N) is 2. The SMILES string of the molecule is CCN(CC)c1ccc(CNC(=NC)NCCc2ccco2)cc1F. The van der Waals surface area contributed by atoms with E-state index >= 15 is 0 Å². The number of furan rings is 1. The zero-order chi connectivity index (χ0) is 18.1. The molecule has 0 amide bonds. The van der Waals surface area contributed by atoms with Crippen LogP contribution in [0.1, 0.15) is 25.2 Å². The summed E-state index contributed by atoms with van der Waals surface area (Å²) in [6.07, 6.45) is 2.44. The van der Waals surface area contributed by atoms with Crippen molar-refractivity contribution in [1.82, 2.24) is 10.6 Å². The number of anilines is 1. The molecule has 1 aromatic heterocycles. The van der Waals surface area contributed by atoms with E-state index in [-0.39, 0.29) is 5.82 Å². The Balaban J connectivity index is 1.85. The maximum Gasteiger partial charge on any atom is 0.191 e. The lowest BCUT2D eigenvalue weighted by molar-refractivity contribution is 0.507. The number of guanidine groups is 1. The predicted molar refractivity (Wildman–Crippen MR) is 101 cm³/mol. The van der Waals surface area contributed by atoms with Crippen molar-refractivity contribution in [2.75, 3.05) is 31.6 Å². The van der Waals surface area contributed by atoms with Gasteiger partial charge < -0.3 is 20.0 Å². The molecule has 136 valence electrons. The summed E-state index contributed by atoms with van der Waals surface area (Å²) in [5.41, 5.74) is 1.53. The number of halogens is 1. The molecule has 25 heavy (non-hydrogen) atoms. The minimum Gasteiger partial charge on any atom is -0.469 e. The van der Waals surface area contributed by atoms with Gasteiger partial charge in [-0.2, -0.15) is 0 Å². The molecule has 2 N–H and O–H groups in total. The smallest absolute Gasteiger partial charge is 0.191 e. The molecule has 0 bridgehead atoms. The van der Waals surface area contributed by atoms with E-state index < -0.39 is 0 Å². The molecule has 0 spiro atoms. The highest BCUT2D eigenvalue weighted by Crippen LogP contribution is 2.20. The zero-order valence-electron chi connectivity index (χ0n) is 15.2. The molecule has 0 unspecified atom stereocenters. The van der Waals surface area contributed by atoms with Crippen molar-refractivity contribution in [1.29, 1.82) is 0 Å². The molecule has 0 atom stereocenters. The fraction of sp³-hybridized carbons (Fsp3) is 0.421. The molecule has 0 fully saturated rings. The number of rotatable bonds is 8. The van der Waals surface area contributed by atoms with E-state index in [1.54, 1.807) is 19.4 Å². The molecule has 5 nitrogen and oxygen atoms in total. The average molecular weight is 346 g/mol. The van der Waals surface area contributed by atoms with Crippen LogP contribution in [0.2, 0.25) is 0 Å². The highest BCUT2D eigenvalue weighted by Gasteiger charge is 2.09. The molecular formula is C19H27FN4O. The third-order valence-corrected chi connectivity index (χ3v) is 4.04. The Kier molecular flexibility index (Phi) is 7.32. The number of hydrogen-bond donors (Lipinski definition) is 2. The molecule has 0 aliphatic heterocycles. The van der Waals surface area contributed by atoms with Crippen molar-refractivity contribution < 1.29 is 8.81 Å². The van der Waals surface area contributed by atoms with Gasteiger partial charge in [-0.05, 0) is 43.7 Å². The Bertz CT molecular complexity index is 666. The van der Waals surface area contributed by atoms with E-state index in [4.69, 9.17) is 4.42 Å². The molecule has 0 radical (unpaired) electrons. The highest BCUT2D eigenvalue weighted by molar-refractivity contribution is 5.79. The maximum atomic E-state index is 14.3. The number of hydrogen-bond acceptors (Lipinski definition) is 3. The lowest BCUT2D eigenvalue weighted by atomic mass is 10.2. The fourth-order valence-electron chi connectivity index (χ4n) is 2.65. The standard InChI is InChI=1S/C19H27FN4O/c1-4-24(5-2)18-9-8-15(13-17(18)20)14-23-19(21-3)22-11-10-16-7-6-12-25-16/h6-9,12-13H,4-5,10-11,14H2,1-3H3,(H2,21,22,23). The second kappa shape index (κ2) is 9.71. The Hall–Kier alpha value is -2.50. The van der Waals surface area contributed by atoms with Crippen molar-refractivity contribution in [3.05, 3.63) is 53.7 Å². The molecule has 0 saturated carbocycles. The largest absolute Gasteiger partial charge is 0.469 e. The number of benzene rings is 1. The lowest BCUT2D eigenvalue weighted by Crippen LogP contribution is -2.37. The normalized spacial score (nSPS) is 11.4. The van der Waals surface area contributed by atoms with Gasteiger partial charge in [0.25, 0.3) is 0 Å². The first kappa shape index (κ1) is 18.8. The Morgan fingerprint density at radius 1 is 1.20 bits per heavy atom. The molecule has 2 aromatic rings. The van der Waals surface area contributed by atoms with Crippen LogP contribution in [0, 0.1) is 5.82 Å². The fourth-order valence-corrected chi connectivity index (χ4v) is 2.65. The van der Waals surface area contributed by atoms with Gasteiger partial charge in [0.15, 0.2) is 5.96 Å². The summed E-state index contributed by atoms with van der Waals surface area (Å²) in [7, 11) is 1.71. The first-order valence-corrected chi connectivity index (χ1v) is 8.68. The van der Waals surface area contributed by atoms with Gasteiger partial charge in [-0.3, -0.25) is 4.99 Å². The van der Waals surface area contributed by atoms with Crippen LogP contribution in [-0.2, 0) is 13.0 Å². The Morgan fingerprint density at radius 3 is 2.60 bits per heavy atom. The monoisotopic (exact) mass is 346 g/mol. The van der Waals surface area contributed by atoms with Crippen LogP contribution in [0.5, 0.6) is 0 Å². The van der Waals surface area contributed by atoms with Gasteiger partial charge in [-0.25, -0.2) is 4.39 Å². The van der Waals surface area contributed by atoms with Crippen molar-refractivity contribution in [3.63, 3.8) is 0 Å². The molecule has 6 heteroatoms. The average Bonchev–Trinajstić information content (AvgIpc) is 3.14. The highest BCUT2D eigenvalue weighted by atomic mass is 19.1. The molecule has 0 aliphatic carbocycles. The topological polar surface area (TPSA) is 52.8 Å². The van der Waals surface area contributed by atoms with Crippen LogP contribution in [0.4, 0.5) is 10.1 Å². The van der Waals surface area contributed by atoms with Crippen LogP contribution in [0.25, 0.3) is 0 Å². The van der Waals surface area contributed by atoms with Crippen LogP contribution in [0.15, 0.2) is 46.0 Å². The van der Waals surface area contributed by atoms with Crippen molar-refractivity contribution in [3.8, 4) is 0 Å². The van der Waals surface area contributed by atoms with E-state index in [2.05, 4.69) is 15.6 Å². The van der Waals surface area contributed by atoms with Crippen LogP contribution >= 0.6 is 0 Å². The quantitative estimate of drug-likeness (QED) is 0.569. The Labute approximate surface area is 148 Å². The van der Waals surface area contributed by atoms with Crippen molar-refractivity contribution in [2.24, 2.45) is 4.99 Å². The van der Waals surface area contributed by atoms with E-state index in [1.807, 2.05) is 43.0 Å². The van der Waals surface area contributed by atoms with Gasteiger partial charge in [-0.15, -0.1) is 0 Å². The summed E-state index contributed by atoms with van der Waals surface area (Å²) in [6.45, 7) is 6.85.